The molecule has 0 spiro atoms. The number of carbonyl (C=O) groups is 1. The van der Waals surface area contributed by atoms with Gasteiger partial charge in [0, 0.05) is 0 Å². The van der Waals surface area contributed by atoms with Crippen LogP contribution >= 0.6 is 15.9 Å². The number of carboxylic acid groups (broad SMARTS) is 1. The van der Waals surface area contributed by atoms with Crippen molar-refractivity contribution in [2.75, 3.05) is 0 Å². The van der Waals surface area contributed by atoms with E-state index in [1.54, 1.807) is 0 Å². The summed E-state index contributed by atoms with van der Waals surface area (Å²) in [5, 5.41) is 9.39. The smallest absolute Gasteiger partial charge is 0.320 e. The SMILES string of the molecule is CC(C)C(Br)(C(=O)O)C1CCC[C@@H](C)C1. The van der Waals surface area contributed by atoms with Gasteiger partial charge in [0.1, 0.15) is 4.32 Å². The van der Waals surface area contributed by atoms with Crippen LogP contribution in [0.5, 0.6) is 0 Å². The van der Waals surface area contributed by atoms with Crippen LogP contribution in [0.4, 0.5) is 0 Å². The summed E-state index contributed by atoms with van der Waals surface area (Å²) in [6.45, 7) is 6.20. The standard InChI is InChI=1S/C12H21BrO2/c1-8(2)12(13,11(14)15)10-6-4-5-9(3)7-10/h8-10H,4-7H2,1-3H3,(H,14,15)/t9-,10?,12?/m1/s1. The summed E-state index contributed by atoms with van der Waals surface area (Å²) in [6, 6.07) is 0. The molecule has 3 atom stereocenters. The van der Waals surface area contributed by atoms with Gasteiger partial charge < -0.3 is 5.11 Å². The number of halogens is 1. The summed E-state index contributed by atoms with van der Waals surface area (Å²) >= 11 is 3.50. The van der Waals surface area contributed by atoms with E-state index in [-0.39, 0.29) is 11.8 Å². The largest absolute Gasteiger partial charge is 0.480 e. The molecule has 0 bridgehead atoms. The average molecular weight is 277 g/mol. The van der Waals surface area contributed by atoms with Gasteiger partial charge in [-0.1, -0.05) is 49.5 Å². The summed E-state index contributed by atoms with van der Waals surface area (Å²) in [6.07, 6.45) is 4.49. The van der Waals surface area contributed by atoms with E-state index in [4.69, 9.17) is 0 Å². The van der Waals surface area contributed by atoms with Crippen LogP contribution < -0.4 is 0 Å². The van der Waals surface area contributed by atoms with Crippen LogP contribution in [-0.4, -0.2) is 15.4 Å². The molecule has 0 aromatic carbocycles. The van der Waals surface area contributed by atoms with Crippen molar-refractivity contribution in [1.29, 1.82) is 0 Å². The van der Waals surface area contributed by atoms with Crippen molar-refractivity contribution in [2.24, 2.45) is 17.8 Å². The second kappa shape index (κ2) is 4.86. The Morgan fingerprint density at radius 1 is 1.47 bits per heavy atom. The fraction of sp³-hybridized carbons (Fsp3) is 0.917. The minimum Gasteiger partial charge on any atom is -0.480 e. The monoisotopic (exact) mass is 276 g/mol. The number of aliphatic carboxylic acids is 1. The van der Waals surface area contributed by atoms with Crippen molar-refractivity contribution in [3.05, 3.63) is 0 Å². The molecule has 15 heavy (non-hydrogen) atoms. The van der Waals surface area contributed by atoms with Gasteiger partial charge in [-0.15, -0.1) is 0 Å². The molecule has 1 aliphatic rings. The Hall–Kier alpha value is -0.0500. The first kappa shape index (κ1) is 13.0. The molecule has 0 radical (unpaired) electrons. The number of hydrogen-bond acceptors (Lipinski definition) is 1. The number of hydrogen-bond donors (Lipinski definition) is 1. The molecule has 0 aromatic rings. The number of rotatable bonds is 3. The lowest BCUT2D eigenvalue weighted by Crippen LogP contribution is -2.46. The van der Waals surface area contributed by atoms with Crippen LogP contribution in [0.1, 0.15) is 46.5 Å². The second-order valence-corrected chi connectivity index (χ2v) is 6.51. The van der Waals surface area contributed by atoms with E-state index in [9.17, 15) is 9.90 Å². The van der Waals surface area contributed by atoms with Gasteiger partial charge >= 0.3 is 5.97 Å². The van der Waals surface area contributed by atoms with Gasteiger partial charge in [0.05, 0.1) is 0 Å². The molecule has 1 aliphatic carbocycles. The topological polar surface area (TPSA) is 37.3 Å². The highest BCUT2D eigenvalue weighted by atomic mass is 79.9. The van der Waals surface area contributed by atoms with Crippen molar-refractivity contribution >= 4 is 21.9 Å². The van der Waals surface area contributed by atoms with E-state index in [2.05, 4.69) is 22.9 Å². The maximum absolute atomic E-state index is 11.4. The predicted octanol–water partition coefficient (Wildman–Crippen LogP) is 3.69. The lowest BCUT2D eigenvalue weighted by Gasteiger charge is -2.39. The molecule has 0 aliphatic heterocycles. The summed E-state index contributed by atoms with van der Waals surface area (Å²) in [7, 11) is 0. The Labute approximate surface area is 101 Å². The highest BCUT2D eigenvalue weighted by Gasteiger charge is 2.47. The first-order valence-corrected chi connectivity index (χ1v) is 6.60. The molecule has 1 saturated carbocycles. The molecule has 3 heteroatoms. The highest BCUT2D eigenvalue weighted by Crippen LogP contribution is 2.44. The molecular formula is C12H21BrO2. The third kappa shape index (κ3) is 2.55. The molecule has 0 amide bonds. The minimum absolute atomic E-state index is 0.130. The molecular weight excluding hydrogens is 256 g/mol. The normalized spacial score (nSPS) is 31.3. The van der Waals surface area contributed by atoms with E-state index in [1.807, 2.05) is 13.8 Å². The lowest BCUT2D eigenvalue weighted by molar-refractivity contribution is -0.143. The predicted molar refractivity (Wildman–Crippen MR) is 65.3 cm³/mol. The van der Waals surface area contributed by atoms with Gasteiger partial charge in [0.15, 0.2) is 0 Å². The molecule has 88 valence electrons. The zero-order valence-electron chi connectivity index (χ0n) is 9.79. The Balaban J connectivity index is 2.84. The van der Waals surface area contributed by atoms with Gasteiger partial charge in [-0.05, 0) is 30.6 Å². The maximum Gasteiger partial charge on any atom is 0.320 e. The Morgan fingerprint density at radius 3 is 2.47 bits per heavy atom. The first-order valence-electron chi connectivity index (χ1n) is 5.81. The molecule has 1 fully saturated rings. The third-order valence-electron chi connectivity index (χ3n) is 3.70. The molecule has 2 nitrogen and oxygen atoms in total. The van der Waals surface area contributed by atoms with Crippen molar-refractivity contribution in [3.63, 3.8) is 0 Å². The zero-order valence-corrected chi connectivity index (χ0v) is 11.4. The summed E-state index contributed by atoms with van der Waals surface area (Å²) in [5.74, 6) is 0.374. The van der Waals surface area contributed by atoms with Crippen molar-refractivity contribution in [1.82, 2.24) is 0 Å². The highest BCUT2D eigenvalue weighted by molar-refractivity contribution is 9.10. The number of alkyl halides is 1. The third-order valence-corrected chi connectivity index (χ3v) is 5.60. The van der Waals surface area contributed by atoms with Crippen LogP contribution in [0.2, 0.25) is 0 Å². The minimum atomic E-state index is -0.721. The molecule has 0 heterocycles. The average Bonchev–Trinajstić information content (AvgIpc) is 2.15. The van der Waals surface area contributed by atoms with Crippen molar-refractivity contribution < 1.29 is 9.90 Å². The van der Waals surface area contributed by atoms with Crippen LogP contribution in [0.3, 0.4) is 0 Å². The fourth-order valence-corrected chi connectivity index (χ4v) is 3.12. The van der Waals surface area contributed by atoms with Gasteiger partial charge in [-0.3, -0.25) is 4.79 Å². The van der Waals surface area contributed by atoms with E-state index in [0.29, 0.717) is 5.92 Å². The van der Waals surface area contributed by atoms with Gasteiger partial charge in [-0.25, -0.2) is 0 Å². The van der Waals surface area contributed by atoms with Crippen LogP contribution in [0, 0.1) is 17.8 Å². The quantitative estimate of drug-likeness (QED) is 0.799. The maximum atomic E-state index is 11.4. The first-order chi connectivity index (χ1) is 6.89. The molecule has 1 rings (SSSR count). The van der Waals surface area contributed by atoms with Crippen molar-refractivity contribution in [3.8, 4) is 0 Å². The fourth-order valence-electron chi connectivity index (χ4n) is 2.71. The second-order valence-electron chi connectivity index (χ2n) is 5.20. The van der Waals surface area contributed by atoms with Crippen LogP contribution in [0.15, 0.2) is 0 Å². The molecule has 0 aromatic heterocycles. The van der Waals surface area contributed by atoms with Gasteiger partial charge in [0.25, 0.3) is 0 Å². The Kier molecular flexibility index (Phi) is 4.21. The summed E-state index contributed by atoms with van der Waals surface area (Å²) < 4.78 is -0.721. The van der Waals surface area contributed by atoms with Gasteiger partial charge in [-0.2, -0.15) is 0 Å². The van der Waals surface area contributed by atoms with Crippen LogP contribution in [-0.2, 0) is 4.79 Å². The van der Waals surface area contributed by atoms with E-state index in [1.165, 1.54) is 12.8 Å². The zero-order chi connectivity index (χ0) is 11.6. The molecule has 2 unspecified atom stereocenters. The lowest BCUT2D eigenvalue weighted by atomic mass is 9.72. The van der Waals surface area contributed by atoms with Crippen LogP contribution in [0.25, 0.3) is 0 Å². The van der Waals surface area contributed by atoms with Crippen molar-refractivity contribution in [2.45, 2.75) is 50.8 Å². The molecule has 1 N–H and O–H groups in total. The van der Waals surface area contributed by atoms with Gasteiger partial charge in [0.2, 0.25) is 0 Å². The Bertz CT molecular complexity index is 240. The van der Waals surface area contributed by atoms with E-state index >= 15 is 0 Å². The van der Waals surface area contributed by atoms with E-state index in [0.717, 1.165) is 12.8 Å². The summed E-state index contributed by atoms with van der Waals surface area (Å²) in [4.78, 5) is 11.4. The number of carboxylic acids is 1. The molecule has 0 saturated heterocycles. The summed E-state index contributed by atoms with van der Waals surface area (Å²) in [5.41, 5.74) is 0. The Morgan fingerprint density at radius 2 is 2.07 bits per heavy atom. The van der Waals surface area contributed by atoms with E-state index < -0.39 is 10.3 Å².